The van der Waals surface area contributed by atoms with Crippen LogP contribution in [0.3, 0.4) is 0 Å². The molecule has 0 radical (unpaired) electrons. The van der Waals surface area contributed by atoms with E-state index in [1.54, 1.807) is 11.7 Å². The molecule has 33 heavy (non-hydrogen) atoms. The topological polar surface area (TPSA) is 78.5 Å². The molecular weight excluding hydrogens is 436 g/mol. The van der Waals surface area contributed by atoms with Crippen molar-refractivity contribution in [3.05, 3.63) is 69.5 Å². The third-order valence-electron chi connectivity index (χ3n) is 5.80. The number of carbonyl (C=O) groups excluding carboxylic acids is 1. The number of rotatable bonds is 10. The number of hydrogen-bond acceptors (Lipinski definition) is 6. The maximum Gasteiger partial charge on any atom is 0.262 e. The number of thioether (sulfide) groups is 1. The Morgan fingerprint density at radius 1 is 1.09 bits per heavy atom. The lowest BCUT2D eigenvalue weighted by molar-refractivity contribution is 0.102. The highest BCUT2D eigenvalue weighted by Gasteiger charge is 2.19. The minimum absolute atomic E-state index is 0.0709. The Morgan fingerprint density at radius 3 is 2.67 bits per heavy atom. The number of ether oxygens (including phenoxy) is 1. The average Bonchev–Trinajstić information content (AvgIpc) is 3.28. The summed E-state index contributed by atoms with van der Waals surface area (Å²) in [6.45, 7) is 5.17. The maximum atomic E-state index is 13.1. The van der Waals surface area contributed by atoms with E-state index >= 15 is 0 Å². The fraction of sp³-hybridized carbons (Fsp3) is 0.360. The molecule has 0 aliphatic heterocycles. The first-order valence-corrected chi connectivity index (χ1v) is 12.2. The van der Waals surface area contributed by atoms with Crippen LogP contribution in [0.25, 0.3) is 16.7 Å². The van der Waals surface area contributed by atoms with Crippen LogP contribution < -0.4 is 5.56 Å². The van der Waals surface area contributed by atoms with Crippen LogP contribution in [-0.4, -0.2) is 44.4 Å². The fourth-order valence-electron chi connectivity index (χ4n) is 4.01. The summed E-state index contributed by atoms with van der Waals surface area (Å²) >= 11 is 1.35. The number of aryl methyl sites for hydroxylation is 3. The van der Waals surface area contributed by atoms with Crippen LogP contribution in [0.15, 0.2) is 52.4 Å². The second-order valence-electron chi connectivity index (χ2n) is 7.85. The van der Waals surface area contributed by atoms with E-state index in [9.17, 15) is 9.59 Å². The molecule has 0 fully saturated rings. The molecule has 0 unspecified atom stereocenters. The number of aromatic nitrogens is 4. The molecule has 4 aromatic rings. The molecule has 4 rings (SSSR count). The van der Waals surface area contributed by atoms with Crippen molar-refractivity contribution in [3.63, 3.8) is 0 Å². The number of Topliss-reactive ketones (excluding diaryl/α,β-unsaturated/α-hetero) is 1. The molecule has 2 heterocycles. The highest BCUT2D eigenvalue weighted by molar-refractivity contribution is 7.99. The van der Waals surface area contributed by atoms with Crippen molar-refractivity contribution in [2.24, 2.45) is 0 Å². The van der Waals surface area contributed by atoms with Crippen molar-refractivity contribution in [2.45, 2.75) is 44.8 Å². The van der Waals surface area contributed by atoms with Gasteiger partial charge < -0.3 is 4.74 Å². The van der Waals surface area contributed by atoms with Crippen LogP contribution in [0, 0.1) is 0 Å². The van der Waals surface area contributed by atoms with E-state index < -0.39 is 0 Å². The predicted molar refractivity (Wildman–Crippen MR) is 131 cm³/mol. The molecule has 0 saturated heterocycles. The average molecular weight is 465 g/mol. The molecule has 0 aliphatic rings. The van der Waals surface area contributed by atoms with Gasteiger partial charge in [0.1, 0.15) is 0 Å². The Labute approximate surface area is 196 Å². The molecule has 0 saturated carbocycles. The first-order chi connectivity index (χ1) is 16.1. The molecule has 172 valence electrons. The summed E-state index contributed by atoms with van der Waals surface area (Å²) in [6.07, 6.45) is 2.38. The minimum atomic E-state index is -0.0989. The summed E-state index contributed by atoms with van der Waals surface area (Å²) in [5.41, 5.74) is 3.63. The van der Waals surface area contributed by atoms with Gasteiger partial charge in [-0.15, -0.1) is 10.2 Å². The van der Waals surface area contributed by atoms with Crippen molar-refractivity contribution >= 4 is 34.2 Å². The van der Waals surface area contributed by atoms with Gasteiger partial charge in [-0.2, -0.15) is 0 Å². The van der Waals surface area contributed by atoms with Gasteiger partial charge in [0.25, 0.3) is 5.56 Å². The van der Waals surface area contributed by atoms with Crippen molar-refractivity contribution in [3.8, 4) is 0 Å². The Hall–Kier alpha value is -2.97. The summed E-state index contributed by atoms with van der Waals surface area (Å²) in [6, 6.07) is 13.6. The van der Waals surface area contributed by atoms with Gasteiger partial charge in [-0.1, -0.05) is 49.9 Å². The van der Waals surface area contributed by atoms with Gasteiger partial charge in [0.05, 0.1) is 16.7 Å². The van der Waals surface area contributed by atoms with Gasteiger partial charge in [-0.25, -0.2) is 0 Å². The Balaban J connectivity index is 1.71. The highest BCUT2D eigenvalue weighted by Crippen LogP contribution is 2.24. The van der Waals surface area contributed by atoms with E-state index in [-0.39, 0.29) is 17.1 Å². The molecule has 0 bridgehead atoms. The fourth-order valence-corrected chi connectivity index (χ4v) is 4.84. The Morgan fingerprint density at radius 2 is 1.91 bits per heavy atom. The molecule has 0 amide bonds. The third kappa shape index (κ3) is 4.58. The van der Waals surface area contributed by atoms with Crippen LogP contribution in [0.2, 0.25) is 0 Å². The van der Waals surface area contributed by atoms with Gasteiger partial charge >= 0.3 is 0 Å². The molecule has 2 aromatic carbocycles. The third-order valence-corrected chi connectivity index (χ3v) is 6.73. The van der Waals surface area contributed by atoms with E-state index in [1.807, 2.05) is 34.7 Å². The van der Waals surface area contributed by atoms with Gasteiger partial charge in [0, 0.05) is 25.8 Å². The second kappa shape index (κ2) is 10.3. The molecule has 0 spiro atoms. The lowest BCUT2D eigenvalue weighted by Gasteiger charge is -2.11. The molecule has 0 aliphatic carbocycles. The Kier molecular flexibility index (Phi) is 7.25. The van der Waals surface area contributed by atoms with Crippen LogP contribution in [0.5, 0.6) is 0 Å². The van der Waals surface area contributed by atoms with Gasteiger partial charge in [0.15, 0.2) is 10.9 Å². The molecule has 2 aromatic heterocycles. The van der Waals surface area contributed by atoms with Crippen molar-refractivity contribution in [1.82, 2.24) is 19.2 Å². The number of ketones is 1. The largest absolute Gasteiger partial charge is 0.385 e. The van der Waals surface area contributed by atoms with E-state index in [0.29, 0.717) is 35.9 Å². The highest BCUT2D eigenvalue weighted by atomic mass is 32.2. The van der Waals surface area contributed by atoms with Crippen molar-refractivity contribution in [1.29, 1.82) is 0 Å². The zero-order valence-corrected chi connectivity index (χ0v) is 20.0. The van der Waals surface area contributed by atoms with E-state index in [2.05, 4.69) is 36.2 Å². The predicted octanol–water partition coefficient (Wildman–Crippen LogP) is 4.18. The number of methoxy groups -OCH3 is 1. The lowest BCUT2D eigenvalue weighted by atomic mass is 9.98. The molecular formula is C25H28N4O3S. The number of carbonyl (C=O) groups is 1. The van der Waals surface area contributed by atoms with Crippen LogP contribution in [-0.2, 0) is 24.1 Å². The number of hydrogen-bond donors (Lipinski definition) is 0. The standard InChI is InChI=1S/C25H28N4O3S/c1-4-17-11-12-18(5-2)20(15-17)22(30)16-33-25-27-26-24-28(13-8-14-32-3)23(31)19-9-6-7-10-21(19)29(24)25/h6-7,9-12,15H,4-5,8,13-14,16H2,1-3H3. The molecule has 8 heteroatoms. The zero-order valence-electron chi connectivity index (χ0n) is 19.2. The SMILES string of the molecule is CCc1ccc(CC)c(C(=O)CSc2nnc3n(CCCOC)c(=O)c4ccccc4n23)c1. The summed E-state index contributed by atoms with van der Waals surface area (Å²) in [4.78, 5) is 26.2. The first-order valence-electron chi connectivity index (χ1n) is 11.2. The van der Waals surface area contributed by atoms with Crippen molar-refractivity contribution < 1.29 is 9.53 Å². The van der Waals surface area contributed by atoms with Crippen LogP contribution in [0.1, 0.15) is 41.8 Å². The number of para-hydroxylation sites is 1. The monoisotopic (exact) mass is 464 g/mol. The van der Waals surface area contributed by atoms with E-state index in [0.717, 1.165) is 35.0 Å². The number of fused-ring (bicyclic) bond motifs is 3. The summed E-state index contributed by atoms with van der Waals surface area (Å²) in [7, 11) is 1.64. The number of nitrogens with zero attached hydrogens (tertiary/aromatic N) is 4. The maximum absolute atomic E-state index is 13.1. The molecule has 0 N–H and O–H groups in total. The minimum Gasteiger partial charge on any atom is -0.385 e. The zero-order chi connectivity index (χ0) is 23.4. The quantitative estimate of drug-likeness (QED) is 0.199. The summed E-state index contributed by atoms with van der Waals surface area (Å²) in [5, 5.41) is 9.87. The molecule has 7 nitrogen and oxygen atoms in total. The molecule has 0 atom stereocenters. The first kappa shape index (κ1) is 23.2. The van der Waals surface area contributed by atoms with Crippen LogP contribution in [0.4, 0.5) is 0 Å². The lowest BCUT2D eigenvalue weighted by Crippen LogP contribution is -2.24. The van der Waals surface area contributed by atoms with Gasteiger partial charge in [-0.3, -0.25) is 18.6 Å². The summed E-state index contributed by atoms with van der Waals surface area (Å²) < 4.78 is 8.67. The smallest absolute Gasteiger partial charge is 0.262 e. The number of benzene rings is 2. The van der Waals surface area contributed by atoms with E-state index in [1.165, 1.54) is 11.8 Å². The Bertz CT molecular complexity index is 1360. The van der Waals surface area contributed by atoms with Crippen molar-refractivity contribution in [2.75, 3.05) is 19.5 Å². The second-order valence-corrected chi connectivity index (χ2v) is 8.79. The van der Waals surface area contributed by atoms with Crippen LogP contribution >= 0.6 is 11.8 Å². The van der Waals surface area contributed by atoms with Gasteiger partial charge in [-0.05, 0) is 48.6 Å². The normalized spacial score (nSPS) is 11.5. The summed E-state index contributed by atoms with van der Waals surface area (Å²) in [5.74, 6) is 0.798. The van der Waals surface area contributed by atoms with E-state index in [4.69, 9.17) is 4.74 Å². The van der Waals surface area contributed by atoms with Gasteiger partial charge in [0.2, 0.25) is 5.78 Å².